The third-order valence-corrected chi connectivity index (χ3v) is 1.98. The molecule has 0 atom stereocenters. The van der Waals surface area contributed by atoms with Gasteiger partial charge in [0.15, 0.2) is 0 Å². The van der Waals surface area contributed by atoms with Crippen molar-refractivity contribution in [3.63, 3.8) is 0 Å². The molecule has 1 rings (SSSR count). The number of benzene rings is 1. The van der Waals surface area contributed by atoms with E-state index in [-0.39, 0.29) is 11.1 Å². The van der Waals surface area contributed by atoms with E-state index in [1.165, 1.54) is 6.26 Å². The van der Waals surface area contributed by atoms with Gasteiger partial charge in [0.25, 0.3) is 0 Å². The van der Waals surface area contributed by atoms with Crippen LogP contribution in [-0.2, 0) is 9.53 Å². The molecular weight excluding hydrogens is 214 g/mol. The molecular formula is C14H11NO2. The molecule has 3 nitrogen and oxygen atoms in total. The van der Waals surface area contributed by atoms with E-state index in [1.807, 2.05) is 30.3 Å². The first-order valence-corrected chi connectivity index (χ1v) is 4.86. The van der Waals surface area contributed by atoms with E-state index in [2.05, 4.69) is 13.2 Å². The molecule has 0 aromatic heterocycles. The van der Waals surface area contributed by atoms with Crippen LogP contribution in [0.25, 0.3) is 6.08 Å². The van der Waals surface area contributed by atoms with Crippen molar-refractivity contribution in [2.75, 3.05) is 0 Å². The highest BCUT2D eigenvalue weighted by atomic mass is 16.5. The van der Waals surface area contributed by atoms with E-state index in [9.17, 15) is 4.79 Å². The molecule has 0 unspecified atom stereocenters. The van der Waals surface area contributed by atoms with Gasteiger partial charge in [0.05, 0.1) is 23.5 Å². The lowest BCUT2D eigenvalue weighted by atomic mass is 10.1. The number of ether oxygens (including phenoxy) is 1. The number of hydrogen-bond acceptors (Lipinski definition) is 3. The van der Waals surface area contributed by atoms with Crippen LogP contribution in [0, 0.1) is 11.3 Å². The maximum atomic E-state index is 11.3. The summed E-state index contributed by atoms with van der Waals surface area (Å²) in [5.41, 5.74) is 0.873. The topological polar surface area (TPSA) is 50.1 Å². The first-order valence-electron chi connectivity index (χ1n) is 4.86. The maximum absolute atomic E-state index is 11.3. The van der Waals surface area contributed by atoms with Crippen LogP contribution in [0.1, 0.15) is 5.56 Å². The fourth-order valence-electron chi connectivity index (χ4n) is 1.00. The second kappa shape index (κ2) is 6.09. The second-order valence-corrected chi connectivity index (χ2v) is 3.19. The van der Waals surface area contributed by atoms with Crippen molar-refractivity contribution in [1.29, 1.82) is 5.26 Å². The third-order valence-electron chi connectivity index (χ3n) is 1.98. The highest BCUT2D eigenvalue weighted by Crippen LogP contribution is 2.07. The van der Waals surface area contributed by atoms with Gasteiger partial charge in [-0.2, -0.15) is 5.26 Å². The zero-order valence-electron chi connectivity index (χ0n) is 9.22. The van der Waals surface area contributed by atoms with Gasteiger partial charge >= 0.3 is 5.97 Å². The predicted octanol–water partition coefficient (Wildman–Crippen LogP) is 2.84. The molecule has 0 spiro atoms. The van der Waals surface area contributed by atoms with Crippen LogP contribution in [0.2, 0.25) is 0 Å². The number of carbonyl (C=O) groups is 1. The lowest BCUT2D eigenvalue weighted by molar-refractivity contribution is -0.133. The number of nitriles is 1. The second-order valence-electron chi connectivity index (χ2n) is 3.19. The van der Waals surface area contributed by atoms with Crippen molar-refractivity contribution in [3.05, 3.63) is 66.5 Å². The standard InChI is InChI=1S/C14H11NO2/c1-11(10-15)12(2)14(16)17-9-8-13-6-4-3-5-7-13/h3-9H,1-2H2. The summed E-state index contributed by atoms with van der Waals surface area (Å²) in [6, 6.07) is 11.1. The Balaban J connectivity index is 2.55. The average molecular weight is 225 g/mol. The van der Waals surface area contributed by atoms with Crippen LogP contribution in [0.4, 0.5) is 0 Å². The van der Waals surface area contributed by atoms with Gasteiger partial charge < -0.3 is 4.74 Å². The Labute approximate surface area is 99.9 Å². The third kappa shape index (κ3) is 3.80. The number of nitrogens with zero attached hydrogens (tertiary/aromatic N) is 1. The molecule has 0 radical (unpaired) electrons. The number of carbonyl (C=O) groups excluding carboxylic acids is 1. The minimum atomic E-state index is -0.677. The van der Waals surface area contributed by atoms with E-state index < -0.39 is 5.97 Å². The van der Waals surface area contributed by atoms with Gasteiger partial charge in [-0.05, 0) is 11.6 Å². The van der Waals surface area contributed by atoms with Crippen LogP contribution in [0.3, 0.4) is 0 Å². The molecule has 0 heterocycles. The summed E-state index contributed by atoms with van der Waals surface area (Å²) in [5.74, 6) is -0.677. The van der Waals surface area contributed by atoms with E-state index in [0.717, 1.165) is 5.56 Å². The van der Waals surface area contributed by atoms with Crippen molar-refractivity contribution in [1.82, 2.24) is 0 Å². The van der Waals surface area contributed by atoms with Gasteiger partial charge in [-0.3, -0.25) is 0 Å². The first kappa shape index (κ1) is 12.5. The molecule has 0 N–H and O–H groups in total. The summed E-state index contributed by atoms with van der Waals surface area (Å²) in [7, 11) is 0. The Kier molecular flexibility index (Phi) is 4.46. The molecule has 0 aliphatic carbocycles. The fourth-order valence-corrected chi connectivity index (χ4v) is 1.00. The van der Waals surface area contributed by atoms with Crippen molar-refractivity contribution >= 4 is 12.0 Å². The molecule has 0 saturated carbocycles. The molecule has 17 heavy (non-hydrogen) atoms. The summed E-state index contributed by atoms with van der Waals surface area (Å²) >= 11 is 0. The summed E-state index contributed by atoms with van der Waals surface area (Å²) in [6.45, 7) is 6.80. The monoisotopic (exact) mass is 225 g/mol. The Morgan fingerprint density at radius 2 is 1.94 bits per heavy atom. The van der Waals surface area contributed by atoms with Gasteiger partial charge in [-0.25, -0.2) is 4.79 Å². The van der Waals surface area contributed by atoms with Crippen LogP contribution in [-0.4, -0.2) is 5.97 Å². The van der Waals surface area contributed by atoms with Gasteiger partial charge in [0.1, 0.15) is 0 Å². The zero-order valence-corrected chi connectivity index (χ0v) is 9.22. The SMILES string of the molecule is C=C(C#N)C(=C)C(=O)OC=Cc1ccccc1. The predicted molar refractivity (Wildman–Crippen MR) is 65.5 cm³/mol. The van der Waals surface area contributed by atoms with Crippen molar-refractivity contribution in [3.8, 4) is 6.07 Å². The summed E-state index contributed by atoms with van der Waals surface area (Å²) in [4.78, 5) is 11.3. The van der Waals surface area contributed by atoms with Crippen LogP contribution in [0.15, 0.2) is 60.9 Å². The first-order chi connectivity index (χ1) is 8.15. The molecule has 0 aliphatic heterocycles. The summed E-state index contributed by atoms with van der Waals surface area (Å²) in [5, 5.41) is 8.52. The zero-order chi connectivity index (χ0) is 12.7. The molecule has 0 saturated heterocycles. The smallest absolute Gasteiger partial charge is 0.343 e. The molecule has 1 aromatic carbocycles. The number of hydrogen-bond donors (Lipinski definition) is 0. The minimum Gasteiger partial charge on any atom is -0.431 e. The van der Waals surface area contributed by atoms with Gasteiger partial charge in [0, 0.05) is 0 Å². The Morgan fingerprint density at radius 1 is 1.29 bits per heavy atom. The molecule has 0 aliphatic rings. The molecule has 0 bridgehead atoms. The minimum absolute atomic E-state index is 0.00288. The van der Waals surface area contributed by atoms with Crippen LogP contribution in [0.5, 0.6) is 0 Å². The Hall–Kier alpha value is -2.60. The lowest BCUT2D eigenvalue weighted by Crippen LogP contribution is -2.03. The van der Waals surface area contributed by atoms with Gasteiger partial charge in [-0.1, -0.05) is 43.5 Å². The van der Waals surface area contributed by atoms with Crippen LogP contribution < -0.4 is 0 Å². The van der Waals surface area contributed by atoms with Crippen molar-refractivity contribution < 1.29 is 9.53 Å². The fraction of sp³-hybridized carbons (Fsp3) is 0. The molecule has 0 amide bonds. The van der Waals surface area contributed by atoms with Crippen LogP contribution >= 0.6 is 0 Å². The summed E-state index contributed by atoms with van der Waals surface area (Å²) < 4.78 is 4.80. The van der Waals surface area contributed by atoms with E-state index >= 15 is 0 Å². The summed E-state index contributed by atoms with van der Waals surface area (Å²) in [6.07, 6.45) is 2.90. The Bertz CT molecular complexity index is 507. The maximum Gasteiger partial charge on any atom is 0.343 e. The average Bonchev–Trinajstić information content (AvgIpc) is 2.38. The van der Waals surface area contributed by atoms with Crippen molar-refractivity contribution in [2.45, 2.75) is 0 Å². The Morgan fingerprint density at radius 3 is 2.53 bits per heavy atom. The number of esters is 1. The quantitative estimate of drug-likeness (QED) is 0.260. The lowest BCUT2D eigenvalue weighted by Gasteiger charge is -1.99. The largest absolute Gasteiger partial charge is 0.431 e. The molecule has 0 fully saturated rings. The molecule has 1 aromatic rings. The highest BCUT2D eigenvalue weighted by molar-refractivity contribution is 5.94. The van der Waals surface area contributed by atoms with E-state index in [0.29, 0.717) is 0 Å². The van der Waals surface area contributed by atoms with Gasteiger partial charge in [0.2, 0.25) is 0 Å². The van der Waals surface area contributed by atoms with E-state index in [1.54, 1.807) is 12.1 Å². The number of rotatable bonds is 4. The van der Waals surface area contributed by atoms with Gasteiger partial charge in [-0.15, -0.1) is 0 Å². The van der Waals surface area contributed by atoms with Crippen molar-refractivity contribution in [2.24, 2.45) is 0 Å². The molecule has 84 valence electrons. The highest BCUT2D eigenvalue weighted by Gasteiger charge is 2.09. The normalized spacial score (nSPS) is 9.59. The van der Waals surface area contributed by atoms with E-state index in [4.69, 9.17) is 10.00 Å². The molecule has 3 heteroatoms.